The minimum absolute atomic E-state index is 0.0710. The number of nitrogens with one attached hydrogen (secondary N) is 1. The van der Waals surface area contributed by atoms with E-state index in [1.54, 1.807) is 11.3 Å². The summed E-state index contributed by atoms with van der Waals surface area (Å²) in [6.07, 6.45) is 2.68. The third-order valence-corrected chi connectivity index (χ3v) is 4.63. The molecular weight excluding hydrogens is 321 g/mol. The SMILES string of the molecule is CC(CNC(=O)c1csc(I)c1)C1CC1. The molecule has 0 aromatic carbocycles. The van der Waals surface area contributed by atoms with E-state index in [1.807, 2.05) is 11.4 Å². The molecule has 15 heavy (non-hydrogen) atoms. The molecule has 0 aliphatic heterocycles. The van der Waals surface area contributed by atoms with E-state index in [-0.39, 0.29) is 5.91 Å². The van der Waals surface area contributed by atoms with Crippen molar-refractivity contribution in [3.05, 3.63) is 19.9 Å². The molecule has 1 aromatic heterocycles. The van der Waals surface area contributed by atoms with Gasteiger partial charge in [-0.1, -0.05) is 6.92 Å². The number of carbonyl (C=O) groups excluding carboxylic acids is 1. The maximum atomic E-state index is 11.7. The van der Waals surface area contributed by atoms with Crippen molar-refractivity contribution in [2.24, 2.45) is 11.8 Å². The summed E-state index contributed by atoms with van der Waals surface area (Å²) in [6.45, 7) is 3.03. The highest BCUT2D eigenvalue weighted by atomic mass is 127. The topological polar surface area (TPSA) is 29.1 Å². The molecule has 1 fully saturated rings. The number of hydrogen-bond donors (Lipinski definition) is 1. The molecule has 2 nitrogen and oxygen atoms in total. The zero-order chi connectivity index (χ0) is 10.8. The van der Waals surface area contributed by atoms with Crippen LogP contribution in [-0.2, 0) is 0 Å². The van der Waals surface area contributed by atoms with E-state index >= 15 is 0 Å². The lowest BCUT2D eigenvalue weighted by atomic mass is 10.1. The van der Waals surface area contributed by atoms with Crippen LogP contribution in [0.1, 0.15) is 30.1 Å². The summed E-state index contributed by atoms with van der Waals surface area (Å²) >= 11 is 3.85. The van der Waals surface area contributed by atoms with Crippen LogP contribution in [0.15, 0.2) is 11.4 Å². The third-order valence-electron chi connectivity index (χ3n) is 2.84. The zero-order valence-electron chi connectivity index (χ0n) is 8.63. The average molecular weight is 335 g/mol. The van der Waals surface area contributed by atoms with Crippen molar-refractivity contribution in [1.82, 2.24) is 5.32 Å². The molecule has 1 heterocycles. The molecule has 0 radical (unpaired) electrons. The van der Waals surface area contributed by atoms with Crippen LogP contribution in [0.3, 0.4) is 0 Å². The van der Waals surface area contributed by atoms with E-state index in [0.29, 0.717) is 5.92 Å². The first kappa shape index (κ1) is 11.4. The first-order chi connectivity index (χ1) is 7.16. The van der Waals surface area contributed by atoms with Crippen molar-refractivity contribution in [2.75, 3.05) is 6.54 Å². The van der Waals surface area contributed by atoms with Gasteiger partial charge in [0.1, 0.15) is 0 Å². The van der Waals surface area contributed by atoms with Gasteiger partial charge in [-0.25, -0.2) is 0 Å². The average Bonchev–Trinajstić information content (AvgIpc) is 2.97. The van der Waals surface area contributed by atoms with Gasteiger partial charge in [0.05, 0.1) is 8.45 Å². The number of thiophene rings is 1. The normalized spacial score (nSPS) is 17.5. The Hall–Kier alpha value is -0.100. The lowest BCUT2D eigenvalue weighted by molar-refractivity contribution is 0.0947. The Balaban J connectivity index is 1.81. The van der Waals surface area contributed by atoms with Gasteiger partial charge in [-0.3, -0.25) is 4.79 Å². The Morgan fingerprint density at radius 1 is 1.73 bits per heavy atom. The Kier molecular flexibility index (Phi) is 3.66. The Morgan fingerprint density at radius 2 is 2.47 bits per heavy atom. The molecule has 82 valence electrons. The molecule has 2 rings (SSSR count). The fourth-order valence-corrected chi connectivity index (χ4v) is 2.94. The second kappa shape index (κ2) is 4.82. The summed E-state index contributed by atoms with van der Waals surface area (Å²) in [5.41, 5.74) is 0.799. The lowest BCUT2D eigenvalue weighted by Crippen LogP contribution is -2.28. The number of halogens is 1. The first-order valence-electron chi connectivity index (χ1n) is 5.19. The van der Waals surface area contributed by atoms with Gasteiger partial charge in [0.15, 0.2) is 0 Å². The highest BCUT2D eigenvalue weighted by molar-refractivity contribution is 14.1. The van der Waals surface area contributed by atoms with Gasteiger partial charge in [-0.2, -0.15) is 0 Å². The first-order valence-corrected chi connectivity index (χ1v) is 7.15. The summed E-state index contributed by atoms with van der Waals surface area (Å²) in [5.74, 6) is 1.56. The van der Waals surface area contributed by atoms with E-state index in [1.165, 1.54) is 12.8 Å². The highest BCUT2D eigenvalue weighted by Gasteiger charge is 2.27. The summed E-state index contributed by atoms with van der Waals surface area (Å²) in [6, 6.07) is 1.93. The molecular formula is C11H14INOS. The van der Waals surface area contributed by atoms with Crippen LogP contribution in [0.25, 0.3) is 0 Å². The summed E-state index contributed by atoms with van der Waals surface area (Å²) in [4.78, 5) is 11.7. The molecule has 1 aliphatic carbocycles. The number of carbonyl (C=O) groups is 1. The van der Waals surface area contributed by atoms with Gasteiger partial charge >= 0.3 is 0 Å². The van der Waals surface area contributed by atoms with Crippen molar-refractivity contribution in [1.29, 1.82) is 0 Å². The van der Waals surface area contributed by atoms with Crippen molar-refractivity contribution < 1.29 is 4.79 Å². The highest BCUT2D eigenvalue weighted by Crippen LogP contribution is 2.36. The summed E-state index contributed by atoms with van der Waals surface area (Å²) in [5, 5.41) is 4.91. The van der Waals surface area contributed by atoms with Crippen molar-refractivity contribution in [3.63, 3.8) is 0 Å². The quantitative estimate of drug-likeness (QED) is 0.842. The Bertz CT molecular complexity index is 359. The van der Waals surface area contributed by atoms with Crippen LogP contribution in [-0.4, -0.2) is 12.5 Å². The predicted molar refractivity (Wildman–Crippen MR) is 71.3 cm³/mol. The van der Waals surface area contributed by atoms with Crippen LogP contribution in [0, 0.1) is 14.7 Å². The third kappa shape index (κ3) is 3.17. The number of amides is 1. The maximum absolute atomic E-state index is 11.7. The second-order valence-corrected chi connectivity index (χ2v) is 6.97. The minimum atomic E-state index is 0.0710. The predicted octanol–water partition coefficient (Wildman–Crippen LogP) is 3.13. The Morgan fingerprint density at radius 3 is 3.00 bits per heavy atom. The molecule has 1 amide bonds. The fraction of sp³-hybridized carbons (Fsp3) is 0.545. The van der Waals surface area contributed by atoms with E-state index in [4.69, 9.17) is 0 Å². The number of rotatable bonds is 4. The van der Waals surface area contributed by atoms with Crippen molar-refractivity contribution in [3.8, 4) is 0 Å². The van der Waals surface area contributed by atoms with Gasteiger partial charge in [0, 0.05) is 11.9 Å². The number of hydrogen-bond acceptors (Lipinski definition) is 2. The van der Waals surface area contributed by atoms with Gasteiger partial charge in [0.25, 0.3) is 5.91 Å². The van der Waals surface area contributed by atoms with Crippen LogP contribution in [0.2, 0.25) is 0 Å². The van der Waals surface area contributed by atoms with E-state index in [0.717, 1.165) is 20.9 Å². The maximum Gasteiger partial charge on any atom is 0.252 e. The molecule has 0 bridgehead atoms. The molecule has 1 aliphatic rings. The molecule has 4 heteroatoms. The minimum Gasteiger partial charge on any atom is -0.352 e. The van der Waals surface area contributed by atoms with Crippen LogP contribution >= 0.6 is 33.9 Å². The van der Waals surface area contributed by atoms with E-state index in [9.17, 15) is 4.79 Å². The molecule has 1 aromatic rings. The lowest BCUT2D eigenvalue weighted by Gasteiger charge is -2.10. The molecule has 1 atom stereocenters. The van der Waals surface area contributed by atoms with Crippen LogP contribution in [0.5, 0.6) is 0 Å². The van der Waals surface area contributed by atoms with Gasteiger partial charge in [-0.15, -0.1) is 11.3 Å². The molecule has 1 N–H and O–H groups in total. The van der Waals surface area contributed by atoms with Gasteiger partial charge in [-0.05, 0) is 53.3 Å². The monoisotopic (exact) mass is 335 g/mol. The van der Waals surface area contributed by atoms with Gasteiger partial charge < -0.3 is 5.32 Å². The smallest absolute Gasteiger partial charge is 0.252 e. The van der Waals surface area contributed by atoms with E-state index < -0.39 is 0 Å². The standard InChI is InChI=1S/C11H14INOS/c1-7(8-2-3-8)5-13-11(14)9-4-10(12)15-6-9/h4,6-8H,2-3,5H2,1H3,(H,13,14). The summed E-state index contributed by atoms with van der Waals surface area (Å²) in [7, 11) is 0. The molecule has 1 saturated carbocycles. The molecule has 0 saturated heterocycles. The fourth-order valence-electron chi connectivity index (χ4n) is 1.62. The van der Waals surface area contributed by atoms with Crippen LogP contribution < -0.4 is 5.32 Å². The Labute approximate surface area is 108 Å². The zero-order valence-corrected chi connectivity index (χ0v) is 11.6. The van der Waals surface area contributed by atoms with Crippen molar-refractivity contribution in [2.45, 2.75) is 19.8 Å². The van der Waals surface area contributed by atoms with E-state index in [2.05, 4.69) is 34.8 Å². The molecule has 1 unspecified atom stereocenters. The van der Waals surface area contributed by atoms with Crippen molar-refractivity contribution >= 4 is 39.8 Å². The largest absolute Gasteiger partial charge is 0.352 e. The molecule has 0 spiro atoms. The van der Waals surface area contributed by atoms with Crippen LogP contribution in [0.4, 0.5) is 0 Å². The van der Waals surface area contributed by atoms with Gasteiger partial charge in [0.2, 0.25) is 0 Å². The summed E-state index contributed by atoms with van der Waals surface area (Å²) < 4.78 is 1.16. The second-order valence-electron chi connectivity index (χ2n) is 4.16.